The Bertz CT molecular complexity index is 1240. The van der Waals surface area contributed by atoms with Gasteiger partial charge in [0.2, 0.25) is 0 Å². The Kier molecular flexibility index (Phi) is 5.51. The van der Waals surface area contributed by atoms with Gasteiger partial charge in [-0.05, 0) is 37.6 Å². The molecule has 0 saturated carbocycles. The largest absolute Gasteiger partial charge is 0.368 e. The molecule has 0 N–H and O–H groups in total. The monoisotopic (exact) mass is 468 g/mol. The van der Waals surface area contributed by atoms with Gasteiger partial charge in [-0.2, -0.15) is 0 Å². The van der Waals surface area contributed by atoms with Crippen LogP contribution in [0.4, 0.5) is 11.5 Å². The number of rotatable bonds is 3. The van der Waals surface area contributed by atoms with Crippen LogP contribution in [0.5, 0.6) is 0 Å². The topological polar surface area (TPSA) is 32.3 Å². The number of fused-ring (bicyclic) bond motifs is 1. The smallest absolute Gasteiger partial charge is 0.141 e. The first-order valence-corrected chi connectivity index (χ1v) is 11.8. The summed E-state index contributed by atoms with van der Waals surface area (Å²) in [7, 11) is 0. The van der Waals surface area contributed by atoms with Gasteiger partial charge in [0.25, 0.3) is 0 Å². The van der Waals surface area contributed by atoms with E-state index in [-0.39, 0.29) is 0 Å². The molecule has 0 amide bonds. The number of aryl methyl sites for hydroxylation is 2. The first kappa shape index (κ1) is 20.6. The van der Waals surface area contributed by atoms with Gasteiger partial charge in [-0.1, -0.05) is 53.0 Å². The fourth-order valence-electron chi connectivity index (χ4n) is 4.19. The van der Waals surface area contributed by atoms with Crippen LogP contribution < -0.4 is 9.80 Å². The predicted molar refractivity (Wildman–Crippen MR) is 133 cm³/mol. The SMILES string of the molecule is Cc1ccc(-c2c(C)sc3ncnc(N4CCN(c5ccc(Cl)c(Cl)c5)CC4)c23)cc1. The third kappa shape index (κ3) is 3.86. The summed E-state index contributed by atoms with van der Waals surface area (Å²) >= 11 is 14.0. The van der Waals surface area contributed by atoms with Gasteiger partial charge in [0, 0.05) is 42.3 Å². The van der Waals surface area contributed by atoms with E-state index >= 15 is 0 Å². The number of benzene rings is 2. The normalized spacial score (nSPS) is 14.5. The van der Waals surface area contributed by atoms with E-state index in [1.54, 1.807) is 17.7 Å². The zero-order chi connectivity index (χ0) is 21.5. The van der Waals surface area contributed by atoms with Crippen LogP contribution in [0.25, 0.3) is 21.3 Å². The van der Waals surface area contributed by atoms with Gasteiger partial charge in [-0.25, -0.2) is 9.97 Å². The second kappa shape index (κ2) is 8.30. The molecule has 1 fully saturated rings. The van der Waals surface area contributed by atoms with Crippen molar-refractivity contribution in [3.8, 4) is 11.1 Å². The molecule has 0 aliphatic carbocycles. The minimum atomic E-state index is 0.587. The van der Waals surface area contributed by atoms with Crippen molar-refractivity contribution in [3.63, 3.8) is 0 Å². The first-order valence-electron chi connectivity index (χ1n) is 10.3. The lowest BCUT2D eigenvalue weighted by Gasteiger charge is -2.37. The Morgan fingerprint density at radius 3 is 2.26 bits per heavy atom. The quantitative estimate of drug-likeness (QED) is 0.338. The number of piperazine rings is 1. The highest BCUT2D eigenvalue weighted by atomic mass is 35.5. The lowest BCUT2D eigenvalue weighted by atomic mass is 10.0. The number of hydrogen-bond acceptors (Lipinski definition) is 5. The Morgan fingerprint density at radius 1 is 0.839 bits per heavy atom. The van der Waals surface area contributed by atoms with Gasteiger partial charge in [0.15, 0.2) is 0 Å². The maximum absolute atomic E-state index is 6.23. The summed E-state index contributed by atoms with van der Waals surface area (Å²) < 4.78 is 0. The molecule has 0 radical (unpaired) electrons. The Morgan fingerprint density at radius 2 is 1.55 bits per heavy atom. The van der Waals surface area contributed by atoms with Crippen molar-refractivity contribution in [3.05, 3.63) is 69.3 Å². The number of aromatic nitrogens is 2. The Labute approximate surface area is 196 Å². The molecule has 1 aliphatic rings. The molecule has 3 heterocycles. The molecule has 0 atom stereocenters. The van der Waals surface area contributed by atoms with Crippen LogP contribution in [-0.4, -0.2) is 36.1 Å². The second-order valence-corrected chi connectivity index (χ2v) is 9.87. The van der Waals surface area contributed by atoms with E-state index in [0.717, 1.165) is 47.9 Å². The molecule has 4 aromatic rings. The summed E-state index contributed by atoms with van der Waals surface area (Å²) in [5, 5.41) is 2.34. The zero-order valence-corrected chi connectivity index (χ0v) is 19.7. The Hall–Kier alpha value is -2.34. The molecule has 4 nitrogen and oxygen atoms in total. The number of halogens is 2. The van der Waals surface area contributed by atoms with Crippen LogP contribution in [0.3, 0.4) is 0 Å². The van der Waals surface area contributed by atoms with Crippen LogP contribution in [0, 0.1) is 13.8 Å². The molecule has 31 heavy (non-hydrogen) atoms. The number of hydrogen-bond donors (Lipinski definition) is 0. The maximum atomic E-state index is 6.23. The maximum Gasteiger partial charge on any atom is 0.141 e. The van der Waals surface area contributed by atoms with Crippen molar-refractivity contribution in [2.45, 2.75) is 13.8 Å². The molecule has 0 bridgehead atoms. The van der Waals surface area contributed by atoms with Crippen LogP contribution in [0.15, 0.2) is 48.8 Å². The van der Waals surface area contributed by atoms with E-state index in [1.807, 2.05) is 18.2 Å². The summed E-state index contributed by atoms with van der Waals surface area (Å²) in [6, 6.07) is 14.6. The highest BCUT2D eigenvalue weighted by molar-refractivity contribution is 7.19. The van der Waals surface area contributed by atoms with E-state index in [2.05, 4.69) is 52.9 Å². The second-order valence-electron chi connectivity index (χ2n) is 7.85. The molecular weight excluding hydrogens is 447 g/mol. The number of nitrogens with zero attached hydrogens (tertiary/aromatic N) is 4. The summed E-state index contributed by atoms with van der Waals surface area (Å²) in [4.78, 5) is 16.4. The first-order chi connectivity index (χ1) is 15.0. The van der Waals surface area contributed by atoms with Gasteiger partial charge in [-0.15, -0.1) is 11.3 Å². The number of thiophene rings is 1. The van der Waals surface area contributed by atoms with Crippen molar-refractivity contribution >= 4 is 56.3 Å². The standard InChI is InChI=1S/C24H22Cl2N4S/c1-15-3-5-17(6-4-15)21-16(2)31-24-22(21)23(27-14-28-24)30-11-9-29(10-12-30)18-7-8-19(25)20(26)13-18/h3-8,13-14H,9-12H2,1-2H3. The van der Waals surface area contributed by atoms with Crippen LogP contribution >= 0.6 is 34.5 Å². The van der Waals surface area contributed by atoms with E-state index in [1.165, 1.54) is 21.6 Å². The molecule has 0 spiro atoms. The lowest BCUT2D eigenvalue weighted by Crippen LogP contribution is -2.46. The van der Waals surface area contributed by atoms with Gasteiger partial charge < -0.3 is 9.80 Å². The van der Waals surface area contributed by atoms with Crippen molar-refractivity contribution < 1.29 is 0 Å². The summed E-state index contributed by atoms with van der Waals surface area (Å²) in [6.07, 6.45) is 1.69. The minimum absolute atomic E-state index is 0.587. The Balaban J connectivity index is 1.47. The lowest BCUT2D eigenvalue weighted by molar-refractivity contribution is 0.649. The van der Waals surface area contributed by atoms with Crippen molar-refractivity contribution in [1.29, 1.82) is 0 Å². The van der Waals surface area contributed by atoms with Gasteiger partial charge >= 0.3 is 0 Å². The zero-order valence-electron chi connectivity index (χ0n) is 17.4. The molecule has 7 heteroatoms. The fraction of sp³-hybridized carbons (Fsp3) is 0.250. The predicted octanol–water partition coefficient (Wildman–Crippen LogP) is 6.61. The van der Waals surface area contributed by atoms with Crippen LogP contribution in [0.2, 0.25) is 10.0 Å². The molecular formula is C24H22Cl2N4S. The summed E-state index contributed by atoms with van der Waals surface area (Å²) in [5.74, 6) is 1.03. The van der Waals surface area contributed by atoms with E-state index in [0.29, 0.717) is 10.0 Å². The minimum Gasteiger partial charge on any atom is -0.368 e. The third-order valence-electron chi connectivity index (χ3n) is 5.83. The number of anilines is 2. The van der Waals surface area contributed by atoms with Crippen molar-refractivity contribution in [2.75, 3.05) is 36.0 Å². The average Bonchev–Trinajstić information content (AvgIpc) is 3.12. The highest BCUT2D eigenvalue weighted by Crippen LogP contribution is 2.41. The van der Waals surface area contributed by atoms with Gasteiger partial charge in [-0.3, -0.25) is 0 Å². The molecule has 5 rings (SSSR count). The van der Waals surface area contributed by atoms with Crippen LogP contribution in [0.1, 0.15) is 10.4 Å². The van der Waals surface area contributed by atoms with Crippen LogP contribution in [-0.2, 0) is 0 Å². The summed E-state index contributed by atoms with van der Waals surface area (Å²) in [6.45, 7) is 7.85. The molecule has 2 aromatic heterocycles. The fourth-order valence-corrected chi connectivity index (χ4v) is 5.49. The van der Waals surface area contributed by atoms with Gasteiger partial charge in [0.1, 0.15) is 17.0 Å². The highest BCUT2D eigenvalue weighted by Gasteiger charge is 2.24. The molecule has 1 aliphatic heterocycles. The van der Waals surface area contributed by atoms with E-state index < -0.39 is 0 Å². The average molecular weight is 469 g/mol. The van der Waals surface area contributed by atoms with Crippen molar-refractivity contribution in [2.24, 2.45) is 0 Å². The van der Waals surface area contributed by atoms with Crippen molar-refractivity contribution in [1.82, 2.24) is 9.97 Å². The molecule has 158 valence electrons. The molecule has 1 saturated heterocycles. The molecule has 2 aromatic carbocycles. The summed E-state index contributed by atoms with van der Waals surface area (Å²) in [5.41, 5.74) is 4.84. The molecule has 0 unspecified atom stereocenters. The van der Waals surface area contributed by atoms with E-state index in [4.69, 9.17) is 28.2 Å². The van der Waals surface area contributed by atoms with Gasteiger partial charge in [0.05, 0.1) is 15.4 Å². The van der Waals surface area contributed by atoms with E-state index in [9.17, 15) is 0 Å². The third-order valence-corrected chi connectivity index (χ3v) is 7.58.